The smallest absolute Gasteiger partial charge is 0.354 e. The van der Waals surface area contributed by atoms with Crippen molar-refractivity contribution in [3.63, 3.8) is 0 Å². The second kappa shape index (κ2) is 5.57. The highest BCUT2D eigenvalue weighted by molar-refractivity contribution is 7.17. The highest BCUT2D eigenvalue weighted by atomic mass is 35.5. The number of aryl methyl sites for hydroxylation is 2. The molecule has 0 amide bonds. The summed E-state index contributed by atoms with van der Waals surface area (Å²) in [6, 6.07) is 5.29. The molecular weight excluding hydrogens is 343 g/mol. The fraction of sp³-hybridized carbons (Fsp3) is 0.200. The zero-order valence-electron chi connectivity index (χ0n) is 11.9. The van der Waals surface area contributed by atoms with Gasteiger partial charge in [0.2, 0.25) is 0 Å². The van der Waals surface area contributed by atoms with Gasteiger partial charge in [-0.25, -0.2) is 9.78 Å². The first kappa shape index (κ1) is 15.3. The molecule has 2 heterocycles. The molecule has 0 spiro atoms. The molecule has 0 atom stereocenters. The minimum atomic E-state index is -0.983. The van der Waals surface area contributed by atoms with Gasteiger partial charge >= 0.3 is 5.97 Å². The lowest BCUT2D eigenvalue weighted by Gasteiger charge is -2.06. The summed E-state index contributed by atoms with van der Waals surface area (Å²) in [6.07, 6.45) is 0.565. The summed E-state index contributed by atoms with van der Waals surface area (Å²) in [4.78, 5) is 17.8. The minimum Gasteiger partial charge on any atom is -0.477 e. The third-order valence-electron chi connectivity index (χ3n) is 3.45. The molecule has 114 valence electrons. The molecular formula is C15H12Cl2N2O2S. The van der Waals surface area contributed by atoms with E-state index in [2.05, 4.69) is 4.98 Å². The Balaban J connectivity index is 2.37. The van der Waals surface area contributed by atoms with Crippen LogP contribution >= 0.6 is 34.5 Å². The van der Waals surface area contributed by atoms with Gasteiger partial charge in [-0.1, -0.05) is 36.2 Å². The van der Waals surface area contributed by atoms with Gasteiger partial charge in [0.25, 0.3) is 0 Å². The molecule has 0 saturated heterocycles. The number of fused-ring (bicyclic) bond motifs is 1. The Morgan fingerprint density at radius 2 is 2.09 bits per heavy atom. The van der Waals surface area contributed by atoms with Crippen LogP contribution in [-0.2, 0) is 6.42 Å². The van der Waals surface area contributed by atoms with Crippen LogP contribution in [0.5, 0.6) is 0 Å². The van der Waals surface area contributed by atoms with E-state index in [1.807, 2.05) is 19.9 Å². The molecule has 1 aromatic carbocycles. The Bertz CT molecular complexity index is 899. The standard InChI is InChI=1S/C15H12Cl2N2O2S/c1-3-11-13(14(20)21)19-12(7(2)22-15(19)18-11)8-4-5-9(16)10(17)6-8/h4-6H,3H2,1-2H3,(H,20,21). The number of hydrogen-bond donors (Lipinski definition) is 1. The van der Waals surface area contributed by atoms with Gasteiger partial charge in [-0.05, 0) is 25.5 Å². The minimum absolute atomic E-state index is 0.211. The maximum Gasteiger partial charge on any atom is 0.354 e. The fourth-order valence-electron chi connectivity index (χ4n) is 2.50. The van der Waals surface area contributed by atoms with E-state index in [9.17, 15) is 9.90 Å². The summed E-state index contributed by atoms with van der Waals surface area (Å²) in [6.45, 7) is 3.83. The van der Waals surface area contributed by atoms with Gasteiger partial charge in [0.05, 0.1) is 21.4 Å². The number of benzene rings is 1. The van der Waals surface area contributed by atoms with Crippen molar-refractivity contribution in [2.75, 3.05) is 0 Å². The summed E-state index contributed by atoms with van der Waals surface area (Å²) in [5.74, 6) is -0.983. The van der Waals surface area contributed by atoms with Gasteiger partial charge in [0, 0.05) is 10.4 Å². The predicted molar refractivity (Wildman–Crippen MR) is 89.6 cm³/mol. The molecule has 1 N–H and O–H groups in total. The van der Waals surface area contributed by atoms with Crippen molar-refractivity contribution >= 4 is 45.5 Å². The van der Waals surface area contributed by atoms with Gasteiger partial charge < -0.3 is 5.11 Å². The van der Waals surface area contributed by atoms with E-state index in [0.29, 0.717) is 27.1 Å². The molecule has 0 fully saturated rings. The second-order valence-electron chi connectivity index (χ2n) is 4.82. The molecule has 0 radical (unpaired) electrons. The van der Waals surface area contributed by atoms with Crippen LogP contribution in [0.3, 0.4) is 0 Å². The van der Waals surface area contributed by atoms with Crippen molar-refractivity contribution in [3.05, 3.63) is 44.5 Å². The zero-order valence-corrected chi connectivity index (χ0v) is 14.2. The van der Waals surface area contributed by atoms with Crippen LogP contribution in [0, 0.1) is 6.92 Å². The maximum absolute atomic E-state index is 11.7. The quantitative estimate of drug-likeness (QED) is 0.724. The number of halogens is 2. The normalized spacial score (nSPS) is 11.3. The highest BCUT2D eigenvalue weighted by Gasteiger charge is 2.23. The van der Waals surface area contributed by atoms with Crippen molar-refractivity contribution < 1.29 is 9.90 Å². The Hall–Kier alpha value is -1.56. The van der Waals surface area contributed by atoms with Crippen molar-refractivity contribution in [3.8, 4) is 11.3 Å². The van der Waals surface area contributed by atoms with E-state index >= 15 is 0 Å². The van der Waals surface area contributed by atoms with E-state index < -0.39 is 5.97 Å². The molecule has 22 heavy (non-hydrogen) atoms. The Labute approximate surface area is 140 Å². The topological polar surface area (TPSA) is 54.6 Å². The third kappa shape index (κ3) is 2.29. The maximum atomic E-state index is 11.7. The van der Waals surface area contributed by atoms with Crippen LogP contribution in [-0.4, -0.2) is 20.5 Å². The predicted octanol–water partition coefficient (Wildman–Crippen LogP) is 4.94. The number of nitrogens with zero attached hydrogens (tertiary/aromatic N) is 2. The lowest BCUT2D eigenvalue weighted by Crippen LogP contribution is -2.06. The first-order valence-corrected chi connectivity index (χ1v) is 8.20. The number of hydrogen-bond acceptors (Lipinski definition) is 3. The van der Waals surface area contributed by atoms with E-state index in [-0.39, 0.29) is 5.69 Å². The Morgan fingerprint density at radius 1 is 1.36 bits per heavy atom. The summed E-state index contributed by atoms with van der Waals surface area (Å²) < 4.78 is 1.70. The molecule has 0 aliphatic rings. The first-order valence-electron chi connectivity index (χ1n) is 6.63. The molecule has 2 aromatic heterocycles. The van der Waals surface area contributed by atoms with Crippen molar-refractivity contribution in [1.29, 1.82) is 0 Å². The number of carboxylic acids is 1. The number of rotatable bonds is 3. The van der Waals surface area contributed by atoms with Gasteiger partial charge in [0.1, 0.15) is 0 Å². The number of imidazole rings is 1. The van der Waals surface area contributed by atoms with Crippen LogP contribution in [0.25, 0.3) is 16.2 Å². The van der Waals surface area contributed by atoms with Crippen LogP contribution in [0.1, 0.15) is 28.0 Å². The number of aromatic carboxylic acids is 1. The van der Waals surface area contributed by atoms with Crippen LogP contribution in [0.4, 0.5) is 0 Å². The monoisotopic (exact) mass is 354 g/mol. The lowest BCUT2D eigenvalue weighted by molar-refractivity contribution is 0.0688. The van der Waals surface area contributed by atoms with Crippen molar-refractivity contribution in [2.45, 2.75) is 20.3 Å². The molecule has 3 aromatic rings. The Morgan fingerprint density at radius 3 is 2.68 bits per heavy atom. The molecule has 0 saturated carbocycles. The number of carboxylic acid groups (broad SMARTS) is 1. The molecule has 4 nitrogen and oxygen atoms in total. The molecule has 0 aliphatic carbocycles. The van der Waals surface area contributed by atoms with Gasteiger partial charge in [-0.3, -0.25) is 4.40 Å². The number of carbonyl (C=O) groups is 1. The van der Waals surface area contributed by atoms with Gasteiger partial charge in [-0.15, -0.1) is 11.3 Å². The number of thiazole rings is 1. The van der Waals surface area contributed by atoms with E-state index in [4.69, 9.17) is 23.2 Å². The molecule has 3 rings (SSSR count). The van der Waals surface area contributed by atoms with Crippen LogP contribution < -0.4 is 0 Å². The number of aromatic nitrogens is 2. The zero-order chi connectivity index (χ0) is 16.0. The average molecular weight is 355 g/mol. The first-order chi connectivity index (χ1) is 10.4. The van der Waals surface area contributed by atoms with Crippen LogP contribution in [0.15, 0.2) is 18.2 Å². The highest BCUT2D eigenvalue weighted by Crippen LogP contribution is 2.36. The molecule has 0 bridgehead atoms. The second-order valence-corrected chi connectivity index (χ2v) is 6.82. The molecule has 0 aliphatic heterocycles. The summed E-state index contributed by atoms with van der Waals surface area (Å²) >= 11 is 13.5. The van der Waals surface area contributed by atoms with Gasteiger partial charge in [-0.2, -0.15) is 0 Å². The summed E-state index contributed by atoms with van der Waals surface area (Å²) in [5, 5.41) is 10.5. The largest absolute Gasteiger partial charge is 0.477 e. The molecule has 0 unspecified atom stereocenters. The molecule has 7 heteroatoms. The fourth-order valence-corrected chi connectivity index (χ4v) is 3.81. The average Bonchev–Trinajstić information content (AvgIpc) is 2.95. The summed E-state index contributed by atoms with van der Waals surface area (Å²) in [5.41, 5.74) is 2.41. The Kier molecular flexibility index (Phi) is 3.89. The third-order valence-corrected chi connectivity index (χ3v) is 5.15. The van der Waals surface area contributed by atoms with Gasteiger partial charge in [0.15, 0.2) is 10.7 Å². The van der Waals surface area contributed by atoms with E-state index in [1.54, 1.807) is 16.5 Å². The SMILES string of the molecule is CCc1nc2sc(C)c(-c3ccc(Cl)c(Cl)c3)n2c1C(=O)O. The van der Waals surface area contributed by atoms with Crippen molar-refractivity contribution in [1.82, 2.24) is 9.38 Å². The summed E-state index contributed by atoms with van der Waals surface area (Å²) in [7, 11) is 0. The van der Waals surface area contributed by atoms with Crippen molar-refractivity contribution in [2.24, 2.45) is 0 Å². The lowest BCUT2D eigenvalue weighted by atomic mass is 10.1. The van der Waals surface area contributed by atoms with Crippen LogP contribution in [0.2, 0.25) is 10.0 Å². The van der Waals surface area contributed by atoms with E-state index in [1.165, 1.54) is 11.3 Å². The van der Waals surface area contributed by atoms with E-state index in [0.717, 1.165) is 16.1 Å².